The van der Waals surface area contributed by atoms with E-state index in [2.05, 4.69) is 4.99 Å². The van der Waals surface area contributed by atoms with Crippen molar-refractivity contribution in [2.24, 2.45) is 4.99 Å². The maximum absolute atomic E-state index is 12.5. The molecule has 2 aromatic carbocycles. The molecule has 0 fully saturated rings. The van der Waals surface area contributed by atoms with Crippen LogP contribution in [0.3, 0.4) is 0 Å². The summed E-state index contributed by atoms with van der Waals surface area (Å²) < 4.78 is 15.5. The van der Waals surface area contributed by atoms with Crippen LogP contribution in [0.25, 0.3) is 6.08 Å². The van der Waals surface area contributed by atoms with E-state index in [0.717, 1.165) is 11.8 Å². The molecule has 0 aromatic heterocycles. The van der Waals surface area contributed by atoms with Crippen molar-refractivity contribution < 1.29 is 29.2 Å². The van der Waals surface area contributed by atoms with Gasteiger partial charge in [0, 0.05) is 0 Å². The van der Waals surface area contributed by atoms with Gasteiger partial charge in [-0.3, -0.25) is 0 Å². The third-order valence-electron chi connectivity index (χ3n) is 4.14. The topological polar surface area (TPSA) is 97.6 Å². The maximum atomic E-state index is 12.5. The lowest BCUT2D eigenvalue weighted by Gasteiger charge is -2.10. The molecule has 1 aliphatic heterocycles. The smallest absolute Gasteiger partial charge is 0.344 e. The number of rotatable bonds is 6. The molecule has 156 valence electrons. The van der Waals surface area contributed by atoms with Gasteiger partial charge < -0.3 is 24.4 Å². The van der Waals surface area contributed by atoms with Gasteiger partial charge in [0.25, 0.3) is 0 Å². The van der Waals surface area contributed by atoms with E-state index in [1.807, 2.05) is 18.2 Å². The summed E-state index contributed by atoms with van der Waals surface area (Å²) in [6, 6.07) is 12.2. The maximum Gasteiger partial charge on any atom is 0.344 e. The molecule has 0 spiro atoms. The van der Waals surface area contributed by atoms with Crippen molar-refractivity contribution in [1.29, 1.82) is 0 Å². The standard InChI is InChI=1S/C22H21NO6S/c1-4-29-22(26)18-19(25)17(30-21(18)23-14-8-6-5-7-9-14)12-13-10-15(24)20(28-3)16(11-13)27-2/h5-12,24-25H,4H2,1-3H3/b17-12+,23-21?. The largest absolute Gasteiger partial charge is 0.506 e. The average Bonchev–Trinajstić information content (AvgIpc) is 3.03. The Kier molecular flexibility index (Phi) is 6.68. The summed E-state index contributed by atoms with van der Waals surface area (Å²) >= 11 is 1.13. The summed E-state index contributed by atoms with van der Waals surface area (Å²) in [4.78, 5) is 17.3. The fourth-order valence-electron chi connectivity index (χ4n) is 2.81. The zero-order chi connectivity index (χ0) is 21.7. The highest BCUT2D eigenvalue weighted by Gasteiger charge is 2.33. The van der Waals surface area contributed by atoms with Gasteiger partial charge >= 0.3 is 5.97 Å². The second kappa shape index (κ2) is 9.41. The fourth-order valence-corrected chi connectivity index (χ4v) is 3.85. The van der Waals surface area contributed by atoms with E-state index in [4.69, 9.17) is 14.2 Å². The van der Waals surface area contributed by atoms with Gasteiger partial charge in [0.05, 0.1) is 31.4 Å². The predicted molar refractivity (Wildman–Crippen MR) is 117 cm³/mol. The molecule has 2 aromatic rings. The number of thioether (sulfide) groups is 1. The summed E-state index contributed by atoms with van der Waals surface area (Å²) in [6.45, 7) is 1.86. The number of methoxy groups -OCH3 is 2. The van der Waals surface area contributed by atoms with Crippen LogP contribution in [0.2, 0.25) is 0 Å². The minimum absolute atomic E-state index is 0.00153. The third kappa shape index (κ3) is 4.44. The van der Waals surface area contributed by atoms with E-state index in [-0.39, 0.29) is 29.4 Å². The van der Waals surface area contributed by atoms with Crippen LogP contribution in [0.15, 0.2) is 63.7 Å². The Bertz CT molecular complexity index is 1040. The molecular weight excluding hydrogens is 406 g/mol. The Balaban J connectivity index is 2.07. The molecule has 30 heavy (non-hydrogen) atoms. The van der Waals surface area contributed by atoms with Crippen LogP contribution in [0.5, 0.6) is 17.2 Å². The lowest BCUT2D eigenvalue weighted by atomic mass is 10.1. The van der Waals surface area contributed by atoms with E-state index in [9.17, 15) is 15.0 Å². The van der Waals surface area contributed by atoms with Crippen molar-refractivity contribution in [2.75, 3.05) is 20.8 Å². The monoisotopic (exact) mass is 427 g/mol. The number of carbonyl (C=O) groups excluding carboxylic acids is 1. The molecule has 0 saturated carbocycles. The molecule has 0 aliphatic carbocycles. The van der Waals surface area contributed by atoms with Crippen LogP contribution in [-0.2, 0) is 9.53 Å². The lowest BCUT2D eigenvalue weighted by Crippen LogP contribution is -2.12. The molecule has 0 unspecified atom stereocenters. The van der Waals surface area contributed by atoms with Gasteiger partial charge in [0.2, 0.25) is 5.75 Å². The van der Waals surface area contributed by atoms with Gasteiger partial charge in [-0.15, -0.1) is 0 Å². The number of nitrogens with zero attached hydrogens (tertiary/aromatic N) is 1. The van der Waals surface area contributed by atoms with Crippen molar-refractivity contribution >= 4 is 34.5 Å². The molecule has 0 bridgehead atoms. The lowest BCUT2D eigenvalue weighted by molar-refractivity contribution is -0.138. The quantitative estimate of drug-likeness (QED) is 0.650. The van der Waals surface area contributed by atoms with Gasteiger partial charge in [0.1, 0.15) is 16.4 Å². The Labute approximate surface area is 178 Å². The molecule has 1 aliphatic rings. The Morgan fingerprint density at radius 1 is 1.13 bits per heavy atom. The third-order valence-corrected chi connectivity index (χ3v) is 5.16. The first kappa shape index (κ1) is 21.3. The van der Waals surface area contributed by atoms with E-state index in [1.165, 1.54) is 20.3 Å². The summed E-state index contributed by atoms with van der Waals surface area (Å²) in [5.74, 6) is -0.464. The van der Waals surface area contributed by atoms with Gasteiger partial charge in [-0.1, -0.05) is 30.0 Å². The number of ether oxygens (including phenoxy) is 3. The highest BCUT2D eigenvalue weighted by molar-refractivity contribution is 8.18. The fraction of sp³-hybridized carbons (Fsp3) is 0.182. The first-order valence-corrected chi connectivity index (χ1v) is 9.89. The minimum Gasteiger partial charge on any atom is -0.506 e. The number of phenols is 1. The average molecular weight is 427 g/mol. The second-order valence-corrected chi connectivity index (χ2v) is 7.11. The number of carbonyl (C=O) groups is 1. The number of hydrogen-bond donors (Lipinski definition) is 2. The number of para-hydroxylation sites is 1. The van der Waals surface area contributed by atoms with Crippen LogP contribution in [0, 0.1) is 0 Å². The van der Waals surface area contributed by atoms with Crippen molar-refractivity contribution in [2.45, 2.75) is 6.92 Å². The number of aromatic hydroxyl groups is 1. The molecule has 3 rings (SSSR count). The van der Waals surface area contributed by atoms with Gasteiger partial charge in [-0.25, -0.2) is 9.79 Å². The van der Waals surface area contributed by atoms with Crippen molar-refractivity contribution in [3.05, 3.63) is 64.3 Å². The molecule has 8 heteroatoms. The zero-order valence-corrected chi connectivity index (χ0v) is 17.5. The van der Waals surface area contributed by atoms with Crippen molar-refractivity contribution in [3.8, 4) is 17.2 Å². The number of esters is 1. The molecule has 0 amide bonds. The Morgan fingerprint density at radius 2 is 1.87 bits per heavy atom. The number of aliphatic hydroxyl groups is 1. The van der Waals surface area contributed by atoms with Gasteiger partial charge in [0.15, 0.2) is 11.5 Å². The first-order valence-electron chi connectivity index (χ1n) is 9.07. The number of hydrogen-bond acceptors (Lipinski definition) is 8. The highest BCUT2D eigenvalue weighted by atomic mass is 32.2. The van der Waals surface area contributed by atoms with Crippen LogP contribution in [-0.4, -0.2) is 42.1 Å². The van der Waals surface area contributed by atoms with E-state index < -0.39 is 5.97 Å². The van der Waals surface area contributed by atoms with Crippen LogP contribution in [0.1, 0.15) is 12.5 Å². The number of aliphatic hydroxyl groups excluding tert-OH is 1. The van der Waals surface area contributed by atoms with E-state index in [0.29, 0.717) is 26.9 Å². The summed E-state index contributed by atoms with van der Waals surface area (Å²) in [5.41, 5.74) is 1.18. The van der Waals surface area contributed by atoms with Gasteiger partial charge in [-0.2, -0.15) is 0 Å². The zero-order valence-electron chi connectivity index (χ0n) is 16.7. The predicted octanol–water partition coefficient (Wildman–Crippen LogP) is 4.60. The van der Waals surface area contributed by atoms with Crippen LogP contribution < -0.4 is 9.47 Å². The minimum atomic E-state index is -0.657. The molecule has 0 saturated heterocycles. The van der Waals surface area contributed by atoms with E-state index in [1.54, 1.807) is 31.2 Å². The van der Waals surface area contributed by atoms with Crippen molar-refractivity contribution in [1.82, 2.24) is 0 Å². The molecule has 1 heterocycles. The van der Waals surface area contributed by atoms with Crippen LogP contribution >= 0.6 is 11.8 Å². The Hall–Kier alpha value is -3.39. The molecule has 0 radical (unpaired) electrons. The summed E-state index contributed by atoms with van der Waals surface area (Å²) in [6.07, 6.45) is 1.62. The number of phenolic OH excluding ortho intramolecular Hbond substituents is 1. The summed E-state index contributed by atoms with van der Waals surface area (Å²) in [7, 11) is 2.88. The number of aliphatic imine (C=N–C) groups is 1. The summed E-state index contributed by atoms with van der Waals surface area (Å²) in [5, 5.41) is 21.3. The van der Waals surface area contributed by atoms with Crippen LogP contribution in [0.4, 0.5) is 5.69 Å². The van der Waals surface area contributed by atoms with Gasteiger partial charge in [-0.05, 0) is 42.8 Å². The van der Waals surface area contributed by atoms with Crippen molar-refractivity contribution in [3.63, 3.8) is 0 Å². The molecular formula is C22H21NO6S. The highest BCUT2D eigenvalue weighted by Crippen LogP contribution is 2.42. The first-order chi connectivity index (χ1) is 14.5. The SMILES string of the molecule is CCOC(=O)C1=C(O)/C(=C\c2cc(O)c(OC)c(OC)c2)SC1=Nc1ccccc1. The van der Waals surface area contributed by atoms with E-state index >= 15 is 0 Å². The molecule has 7 nitrogen and oxygen atoms in total. The second-order valence-electron chi connectivity index (χ2n) is 6.08. The normalized spacial score (nSPS) is 16.2. The Morgan fingerprint density at radius 3 is 2.50 bits per heavy atom. The molecule has 2 N–H and O–H groups in total. The number of benzene rings is 2. The molecule has 0 atom stereocenters.